The highest BCUT2D eigenvalue weighted by molar-refractivity contribution is 6.16. The van der Waals surface area contributed by atoms with Gasteiger partial charge in [0.2, 0.25) is 6.39 Å². The summed E-state index contributed by atoms with van der Waals surface area (Å²) < 4.78 is 12.6. The van der Waals surface area contributed by atoms with Crippen LogP contribution in [0.2, 0.25) is 0 Å². The fraction of sp³-hybridized carbons (Fsp3) is 0.357. The van der Waals surface area contributed by atoms with Gasteiger partial charge >= 0.3 is 0 Å². The Balaban J connectivity index is 2.10. The lowest BCUT2D eigenvalue weighted by molar-refractivity contribution is 0.245. The number of benzene rings is 1. The molecule has 1 aromatic carbocycles. The van der Waals surface area contributed by atoms with Crippen molar-refractivity contribution in [2.24, 2.45) is 0 Å². The number of alkyl halides is 1. The van der Waals surface area contributed by atoms with E-state index in [-0.39, 0.29) is 6.10 Å². The third-order valence-electron chi connectivity index (χ3n) is 3.01. The number of ether oxygens (including phenoxy) is 1. The van der Waals surface area contributed by atoms with Crippen LogP contribution < -0.4 is 4.74 Å². The Labute approximate surface area is 126 Å². The highest BCUT2D eigenvalue weighted by Crippen LogP contribution is 2.27. The highest BCUT2D eigenvalue weighted by atomic mass is 35.5. The first-order chi connectivity index (χ1) is 10.2. The molecule has 110 valence electrons. The van der Waals surface area contributed by atoms with Gasteiger partial charge in [0.15, 0.2) is 5.82 Å². The second kappa shape index (κ2) is 5.73. The summed E-state index contributed by atoms with van der Waals surface area (Å²) in [6.07, 6.45) is 1.39. The van der Waals surface area contributed by atoms with Crippen LogP contribution in [0.4, 0.5) is 0 Å². The molecule has 21 heavy (non-hydrogen) atoms. The number of aromatic nitrogens is 4. The molecule has 0 bridgehead atoms. The maximum atomic E-state index is 6.01. The number of hydrogen-bond acceptors (Lipinski definition) is 5. The monoisotopic (exact) mass is 306 g/mol. The summed E-state index contributed by atoms with van der Waals surface area (Å²) in [7, 11) is 0. The molecule has 3 rings (SSSR count). The van der Waals surface area contributed by atoms with Gasteiger partial charge in [0.05, 0.1) is 24.0 Å². The van der Waals surface area contributed by atoms with Crippen LogP contribution in [0.1, 0.15) is 25.5 Å². The Morgan fingerprint density at radius 3 is 2.90 bits per heavy atom. The van der Waals surface area contributed by atoms with E-state index in [4.69, 9.17) is 20.9 Å². The van der Waals surface area contributed by atoms with E-state index in [9.17, 15) is 0 Å². The predicted molar refractivity (Wildman–Crippen MR) is 78.5 cm³/mol. The summed E-state index contributed by atoms with van der Waals surface area (Å²) in [5, 5.41) is 3.84. The fourth-order valence-corrected chi connectivity index (χ4v) is 2.40. The summed E-state index contributed by atoms with van der Waals surface area (Å²) in [5.74, 6) is 2.38. The van der Waals surface area contributed by atoms with Crippen molar-refractivity contribution in [3.8, 4) is 5.75 Å². The van der Waals surface area contributed by atoms with Gasteiger partial charge < -0.3 is 13.8 Å². The maximum Gasteiger partial charge on any atom is 0.213 e. The van der Waals surface area contributed by atoms with Crippen LogP contribution >= 0.6 is 11.6 Å². The van der Waals surface area contributed by atoms with Crippen molar-refractivity contribution < 1.29 is 9.26 Å². The van der Waals surface area contributed by atoms with E-state index in [1.165, 1.54) is 6.39 Å². The van der Waals surface area contributed by atoms with E-state index in [1.54, 1.807) is 0 Å². The Morgan fingerprint density at radius 1 is 1.38 bits per heavy atom. The van der Waals surface area contributed by atoms with Gasteiger partial charge in [-0.25, -0.2) is 4.98 Å². The van der Waals surface area contributed by atoms with Crippen molar-refractivity contribution in [1.82, 2.24) is 19.7 Å². The molecular weight excluding hydrogens is 292 g/mol. The van der Waals surface area contributed by atoms with Crippen LogP contribution in [0.25, 0.3) is 11.0 Å². The second-order valence-corrected chi connectivity index (χ2v) is 5.15. The Hall–Kier alpha value is -2.08. The summed E-state index contributed by atoms with van der Waals surface area (Å²) >= 11 is 6.01. The smallest absolute Gasteiger partial charge is 0.213 e. The molecular formula is C14H15ClN4O2. The molecule has 0 fully saturated rings. The van der Waals surface area contributed by atoms with Crippen molar-refractivity contribution in [1.29, 1.82) is 0 Å². The van der Waals surface area contributed by atoms with Gasteiger partial charge in [-0.2, -0.15) is 4.98 Å². The largest absolute Gasteiger partial charge is 0.489 e. The Bertz CT molecular complexity index is 737. The minimum absolute atomic E-state index is 0.0809. The summed E-state index contributed by atoms with van der Waals surface area (Å²) in [6, 6.07) is 5.82. The first kappa shape index (κ1) is 13.9. The summed E-state index contributed by atoms with van der Waals surface area (Å²) in [5.41, 5.74) is 1.74. The molecule has 0 spiro atoms. The van der Waals surface area contributed by atoms with Gasteiger partial charge in [-0.15, -0.1) is 11.6 Å². The lowest BCUT2D eigenvalue weighted by Crippen LogP contribution is -2.06. The van der Waals surface area contributed by atoms with E-state index in [1.807, 2.05) is 36.6 Å². The lowest BCUT2D eigenvalue weighted by Gasteiger charge is -2.10. The minimum atomic E-state index is 0.0809. The molecule has 0 aliphatic heterocycles. The van der Waals surface area contributed by atoms with E-state index in [2.05, 4.69) is 15.1 Å². The van der Waals surface area contributed by atoms with Gasteiger partial charge in [-0.1, -0.05) is 11.2 Å². The molecule has 0 aliphatic rings. The average molecular weight is 307 g/mol. The molecule has 0 radical (unpaired) electrons. The second-order valence-electron chi connectivity index (χ2n) is 4.89. The Morgan fingerprint density at radius 2 is 2.24 bits per heavy atom. The van der Waals surface area contributed by atoms with Crippen LogP contribution in [0.5, 0.6) is 5.75 Å². The van der Waals surface area contributed by atoms with Crippen molar-refractivity contribution in [2.75, 3.05) is 0 Å². The highest BCUT2D eigenvalue weighted by Gasteiger charge is 2.15. The molecule has 7 heteroatoms. The van der Waals surface area contributed by atoms with Crippen molar-refractivity contribution in [2.45, 2.75) is 32.4 Å². The van der Waals surface area contributed by atoms with Gasteiger partial charge in [-0.05, 0) is 26.0 Å². The predicted octanol–water partition coefficient (Wildman–Crippen LogP) is 2.99. The van der Waals surface area contributed by atoms with Crippen LogP contribution in [0, 0.1) is 0 Å². The van der Waals surface area contributed by atoms with Crippen molar-refractivity contribution >= 4 is 22.6 Å². The third-order valence-corrected chi connectivity index (χ3v) is 3.25. The minimum Gasteiger partial charge on any atom is -0.489 e. The van der Waals surface area contributed by atoms with Gasteiger partial charge in [0.25, 0.3) is 0 Å². The van der Waals surface area contributed by atoms with E-state index < -0.39 is 0 Å². The first-order valence-electron chi connectivity index (χ1n) is 6.65. The average Bonchev–Trinajstić information content (AvgIpc) is 3.07. The molecule has 3 aromatic rings. The number of para-hydroxylation sites is 1. The molecule has 0 unspecified atom stereocenters. The molecule has 0 aliphatic carbocycles. The van der Waals surface area contributed by atoms with Crippen LogP contribution in [-0.2, 0) is 12.4 Å². The van der Waals surface area contributed by atoms with E-state index >= 15 is 0 Å². The Kier molecular flexibility index (Phi) is 3.79. The molecule has 0 N–H and O–H groups in total. The molecule has 6 nitrogen and oxygen atoms in total. The number of imidazole rings is 1. The third kappa shape index (κ3) is 2.71. The fourth-order valence-electron chi connectivity index (χ4n) is 2.20. The zero-order chi connectivity index (χ0) is 14.8. The topological polar surface area (TPSA) is 66.0 Å². The van der Waals surface area contributed by atoms with E-state index in [0.717, 1.165) is 22.6 Å². The molecule has 0 saturated carbocycles. The van der Waals surface area contributed by atoms with Gasteiger partial charge in [-0.3, -0.25) is 0 Å². The first-order valence-corrected chi connectivity index (χ1v) is 7.18. The summed E-state index contributed by atoms with van der Waals surface area (Å²) in [6.45, 7) is 4.43. The van der Waals surface area contributed by atoms with Crippen LogP contribution in [0.15, 0.2) is 29.1 Å². The molecule has 2 aromatic heterocycles. The normalized spacial score (nSPS) is 11.4. The number of rotatable bonds is 5. The van der Waals surface area contributed by atoms with Crippen LogP contribution in [0.3, 0.4) is 0 Å². The van der Waals surface area contributed by atoms with Crippen molar-refractivity contribution in [3.05, 3.63) is 36.2 Å². The standard InChI is InChI=1S/C14H15ClN4O2/c1-9(2)21-11-5-3-4-10-14(11)17-13(6-15)19(10)7-12-16-8-20-18-12/h3-5,8-9H,6-7H2,1-2H3. The molecule has 0 amide bonds. The zero-order valence-corrected chi connectivity index (χ0v) is 12.5. The summed E-state index contributed by atoms with van der Waals surface area (Å²) in [4.78, 5) is 8.63. The molecule has 2 heterocycles. The quantitative estimate of drug-likeness (QED) is 0.678. The number of nitrogens with zero attached hydrogens (tertiary/aromatic N) is 4. The SMILES string of the molecule is CC(C)Oc1cccc2c1nc(CCl)n2Cc1ncon1. The van der Waals surface area contributed by atoms with Crippen molar-refractivity contribution in [3.63, 3.8) is 0 Å². The molecule has 0 atom stereocenters. The number of fused-ring (bicyclic) bond motifs is 1. The van der Waals surface area contributed by atoms with Gasteiger partial charge in [0, 0.05) is 0 Å². The number of halogens is 1. The zero-order valence-electron chi connectivity index (χ0n) is 11.8. The van der Waals surface area contributed by atoms with E-state index in [0.29, 0.717) is 18.2 Å². The van der Waals surface area contributed by atoms with Crippen LogP contribution in [-0.4, -0.2) is 25.8 Å². The lowest BCUT2D eigenvalue weighted by atomic mass is 10.3. The molecule has 0 saturated heterocycles. The maximum absolute atomic E-state index is 6.01. The van der Waals surface area contributed by atoms with Gasteiger partial charge in [0.1, 0.15) is 17.1 Å². The number of hydrogen-bond donors (Lipinski definition) is 0.